The molecular weight excluding hydrogens is 484 g/mol. The number of rotatable bonds is 9. The van der Waals surface area contributed by atoms with Crippen molar-refractivity contribution < 1.29 is 38.1 Å². The summed E-state index contributed by atoms with van der Waals surface area (Å²) in [6.45, 7) is 5.22. The van der Waals surface area contributed by atoms with Crippen LogP contribution in [0.15, 0.2) is 65.6 Å². The van der Waals surface area contributed by atoms with Crippen molar-refractivity contribution in [2.24, 2.45) is 0 Å². The highest BCUT2D eigenvalue weighted by Crippen LogP contribution is 2.41. The number of Topliss-reactive ketones (excluding diaryl/α,β-unsaturated/α-hetero) is 1. The van der Waals surface area contributed by atoms with Gasteiger partial charge in [0.25, 0.3) is 0 Å². The quantitative estimate of drug-likeness (QED) is 0.457. The van der Waals surface area contributed by atoms with Crippen molar-refractivity contribution in [2.75, 3.05) is 6.61 Å². The van der Waals surface area contributed by atoms with Crippen LogP contribution in [-0.2, 0) is 33.3 Å². The second kappa shape index (κ2) is 11.6. The van der Waals surface area contributed by atoms with Gasteiger partial charge >= 0.3 is 11.9 Å². The van der Waals surface area contributed by atoms with Crippen molar-refractivity contribution in [1.29, 1.82) is 0 Å². The number of hydrogen-bond acceptors (Lipinski definition) is 9. The van der Waals surface area contributed by atoms with Gasteiger partial charge in [0.15, 0.2) is 18.0 Å². The molecule has 9 heteroatoms. The van der Waals surface area contributed by atoms with Crippen LogP contribution in [0, 0.1) is 0 Å². The Kier molecular flexibility index (Phi) is 8.46. The molecule has 2 fully saturated rings. The van der Waals surface area contributed by atoms with Crippen LogP contribution < -0.4 is 0 Å². The molecule has 0 spiro atoms. The maximum absolute atomic E-state index is 13.0. The zero-order chi connectivity index (χ0) is 25.7. The molecule has 192 valence electrons. The van der Waals surface area contributed by atoms with E-state index in [0.29, 0.717) is 5.56 Å². The Bertz CT molecular complexity index is 1060. The summed E-state index contributed by atoms with van der Waals surface area (Å²) in [5.41, 5.74) is -0.310. The van der Waals surface area contributed by atoms with E-state index in [4.69, 9.17) is 23.7 Å². The Morgan fingerprint density at radius 2 is 1.61 bits per heavy atom. The second-order valence-corrected chi connectivity index (χ2v) is 10.3. The van der Waals surface area contributed by atoms with E-state index in [0.717, 1.165) is 4.90 Å². The van der Waals surface area contributed by atoms with E-state index in [2.05, 4.69) is 0 Å². The fourth-order valence-electron chi connectivity index (χ4n) is 4.07. The Labute approximate surface area is 214 Å². The summed E-state index contributed by atoms with van der Waals surface area (Å²) < 4.78 is 29.9. The van der Waals surface area contributed by atoms with Crippen LogP contribution in [0.1, 0.15) is 44.0 Å². The van der Waals surface area contributed by atoms with E-state index in [1.54, 1.807) is 44.2 Å². The van der Waals surface area contributed by atoms with Crippen LogP contribution >= 0.6 is 11.8 Å². The lowest BCUT2D eigenvalue weighted by Gasteiger charge is -2.26. The Morgan fingerprint density at radius 1 is 0.944 bits per heavy atom. The first-order valence-electron chi connectivity index (χ1n) is 11.9. The third-order valence-corrected chi connectivity index (χ3v) is 6.96. The van der Waals surface area contributed by atoms with Gasteiger partial charge in [-0.1, -0.05) is 48.2 Å². The first-order valence-corrected chi connectivity index (χ1v) is 12.7. The summed E-state index contributed by atoms with van der Waals surface area (Å²) in [6.07, 6.45) is -3.21. The van der Waals surface area contributed by atoms with E-state index in [9.17, 15) is 14.4 Å². The molecule has 0 radical (unpaired) electrons. The molecule has 0 aromatic heterocycles. The number of carbonyl (C=O) groups is 3. The van der Waals surface area contributed by atoms with Gasteiger partial charge in [-0.15, -0.1) is 0 Å². The Hall–Kier alpha value is -2.72. The molecule has 4 rings (SSSR count). The average molecular weight is 515 g/mol. The summed E-state index contributed by atoms with van der Waals surface area (Å²) in [4.78, 5) is 38.1. The smallest absolute Gasteiger partial charge is 0.338 e. The highest BCUT2D eigenvalue weighted by atomic mass is 32.2. The van der Waals surface area contributed by atoms with Gasteiger partial charge in [0.1, 0.15) is 23.4 Å². The first kappa shape index (κ1) is 26.3. The van der Waals surface area contributed by atoms with Crippen LogP contribution in [0.4, 0.5) is 0 Å². The molecule has 0 bridgehead atoms. The van der Waals surface area contributed by atoms with Gasteiger partial charge in [0.2, 0.25) is 0 Å². The summed E-state index contributed by atoms with van der Waals surface area (Å²) in [5, 5.41) is 0. The predicted molar refractivity (Wildman–Crippen MR) is 131 cm³/mol. The monoisotopic (exact) mass is 514 g/mol. The molecular formula is C27H30O8S. The topological polar surface area (TPSA) is 97.4 Å². The van der Waals surface area contributed by atoms with Crippen LogP contribution in [0.5, 0.6) is 0 Å². The summed E-state index contributed by atoms with van der Waals surface area (Å²) >= 11 is 1.37. The van der Waals surface area contributed by atoms with Gasteiger partial charge in [-0.3, -0.25) is 4.79 Å². The average Bonchev–Trinajstić information content (AvgIpc) is 3.38. The standard InChI is InChI=1S/C27H30O8S/c1-17(28)14-15-21(29)32-23-22(20-16-31-27(2,3)35-20)34-26(36-19-12-8-5-9-13-19)24(23)33-25(30)18-10-6-4-7-11-18/h4-13,20,22-24,26H,14-16H2,1-3H3/t20-,22?,23?,24?,26?/m1/s1. The van der Waals surface area contributed by atoms with E-state index >= 15 is 0 Å². The molecule has 8 nitrogen and oxygen atoms in total. The zero-order valence-electron chi connectivity index (χ0n) is 20.5. The molecule has 2 aromatic carbocycles. The van der Waals surface area contributed by atoms with Crippen molar-refractivity contribution in [3.05, 3.63) is 66.2 Å². The highest BCUT2D eigenvalue weighted by Gasteiger charge is 2.55. The van der Waals surface area contributed by atoms with Gasteiger partial charge in [-0.2, -0.15) is 0 Å². The Balaban J connectivity index is 1.62. The molecule has 0 amide bonds. The van der Waals surface area contributed by atoms with E-state index in [1.807, 2.05) is 30.3 Å². The predicted octanol–water partition coefficient (Wildman–Crippen LogP) is 4.16. The highest BCUT2D eigenvalue weighted by molar-refractivity contribution is 7.99. The lowest BCUT2D eigenvalue weighted by molar-refractivity contribution is -0.171. The third kappa shape index (κ3) is 6.73. The maximum atomic E-state index is 13.0. The lowest BCUT2D eigenvalue weighted by Crippen LogP contribution is -2.45. The minimum Gasteiger partial charge on any atom is -0.455 e. The third-order valence-electron chi connectivity index (χ3n) is 5.80. The molecule has 0 N–H and O–H groups in total. The van der Waals surface area contributed by atoms with E-state index < -0.39 is 47.6 Å². The van der Waals surface area contributed by atoms with Crippen LogP contribution in [0.25, 0.3) is 0 Å². The van der Waals surface area contributed by atoms with Crippen molar-refractivity contribution >= 4 is 29.5 Å². The number of thioether (sulfide) groups is 1. The molecule has 0 aliphatic carbocycles. The van der Waals surface area contributed by atoms with Gasteiger partial charge < -0.3 is 28.5 Å². The number of ketones is 1. The summed E-state index contributed by atoms with van der Waals surface area (Å²) in [6, 6.07) is 18.1. The molecule has 4 unspecified atom stereocenters. The Morgan fingerprint density at radius 3 is 2.22 bits per heavy atom. The number of hydrogen-bond donors (Lipinski definition) is 0. The minimum atomic E-state index is -0.958. The fourth-order valence-corrected chi connectivity index (χ4v) is 5.18. The molecule has 2 aliphatic heterocycles. The van der Waals surface area contributed by atoms with Gasteiger partial charge in [-0.05, 0) is 45.0 Å². The van der Waals surface area contributed by atoms with Crippen LogP contribution in [0.3, 0.4) is 0 Å². The van der Waals surface area contributed by atoms with Crippen LogP contribution in [-0.4, -0.2) is 60.0 Å². The number of ether oxygens (including phenoxy) is 5. The molecule has 36 heavy (non-hydrogen) atoms. The molecule has 2 heterocycles. The lowest BCUT2D eigenvalue weighted by atomic mass is 10.1. The SMILES string of the molecule is CC(=O)CCC(=O)OC1C(OC(=O)c2ccccc2)C(Sc2ccccc2)OC1[C@H]1COC(C)(C)O1. The van der Waals surface area contributed by atoms with Crippen molar-refractivity contribution in [3.8, 4) is 0 Å². The molecule has 2 aliphatic rings. The van der Waals surface area contributed by atoms with Crippen LogP contribution in [0.2, 0.25) is 0 Å². The van der Waals surface area contributed by atoms with Gasteiger partial charge in [-0.25, -0.2) is 4.79 Å². The van der Waals surface area contributed by atoms with Gasteiger partial charge in [0, 0.05) is 11.3 Å². The normalized spacial score (nSPS) is 26.9. The minimum absolute atomic E-state index is 0.0593. The molecule has 0 saturated carbocycles. The van der Waals surface area contributed by atoms with E-state index in [1.165, 1.54) is 18.7 Å². The molecule has 2 saturated heterocycles. The number of benzene rings is 2. The number of carbonyl (C=O) groups excluding carboxylic acids is 3. The van der Waals surface area contributed by atoms with E-state index in [-0.39, 0.29) is 25.2 Å². The number of esters is 2. The van der Waals surface area contributed by atoms with Crippen molar-refractivity contribution in [3.63, 3.8) is 0 Å². The maximum Gasteiger partial charge on any atom is 0.338 e. The van der Waals surface area contributed by atoms with Crippen molar-refractivity contribution in [2.45, 2.75) is 74.1 Å². The fraction of sp³-hybridized carbons (Fsp3) is 0.444. The largest absolute Gasteiger partial charge is 0.455 e. The first-order chi connectivity index (χ1) is 17.2. The molecule has 2 aromatic rings. The molecule has 5 atom stereocenters. The summed E-state index contributed by atoms with van der Waals surface area (Å²) in [7, 11) is 0. The summed E-state index contributed by atoms with van der Waals surface area (Å²) in [5.74, 6) is -2.09. The van der Waals surface area contributed by atoms with Crippen molar-refractivity contribution in [1.82, 2.24) is 0 Å². The second-order valence-electron chi connectivity index (χ2n) is 9.16. The zero-order valence-corrected chi connectivity index (χ0v) is 21.3. The van der Waals surface area contributed by atoms with Gasteiger partial charge in [0.05, 0.1) is 18.6 Å².